The first-order valence-corrected chi connectivity index (χ1v) is 9.27. The Bertz CT molecular complexity index is 757. The number of likely N-dealkylation sites (tertiary alicyclic amines) is 1. The topological polar surface area (TPSA) is 35.9 Å². The van der Waals surface area contributed by atoms with E-state index in [-0.39, 0.29) is 6.04 Å². The van der Waals surface area contributed by atoms with E-state index in [0.717, 1.165) is 43.6 Å². The molecule has 4 nitrogen and oxygen atoms in total. The molecule has 3 rings (SSSR count). The lowest BCUT2D eigenvalue weighted by molar-refractivity contribution is -0.121. The molecule has 0 N–H and O–H groups in total. The highest BCUT2D eigenvalue weighted by molar-refractivity contribution is 6.03. The number of hydrogen-bond donors (Lipinski definition) is 0. The molecule has 136 valence electrons. The first-order chi connectivity index (χ1) is 12.7. The van der Waals surface area contributed by atoms with Gasteiger partial charge in [-0.15, -0.1) is 0 Å². The summed E-state index contributed by atoms with van der Waals surface area (Å²) in [6.07, 6.45) is 3.68. The van der Waals surface area contributed by atoms with Crippen LogP contribution in [0.2, 0.25) is 0 Å². The van der Waals surface area contributed by atoms with Crippen molar-refractivity contribution >= 4 is 12.1 Å². The number of aryl methyl sites for hydroxylation is 1. The smallest absolute Gasteiger partial charge is 0.230 e. The molecule has 1 atom stereocenters. The first kappa shape index (κ1) is 18.3. The van der Waals surface area contributed by atoms with E-state index < -0.39 is 0 Å². The first-order valence-electron chi connectivity index (χ1n) is 9.27. The van der Waals surface area contributed by atoms with E-state index in [1.54, 1.807) is 5.01 Å². The minimum atomic E-state index is 0.140. The fraction of sp³-hybridized carbons (Fsp3) is 0.364. The number of piperidine rings is 1. The van der Waals surface area contributed by atoms with Crippen molar-refractivity contribution in [2.45, 2.75) is 32.2 Å². The van der Waals surface area contributed by atoms with Gasteiger partial charge in [0, 0.05) is 18.5 Å². The van der Waals surface area contributed by atoms with Crippen LogP contribution in [0.3, 0.4) is 0 Å². The van der Waals surface area contributed by atoms with Crippen LogP contribution in [0.25, 0.3) is 0 Å². The standard InChI is InChI=1S/C22H27N3O/c1-18-9-6-7-13-21(18)22(15-19-10-4-3-5-11-19)23-25(17-26)20-12-8-14-24(2)16-20/h3-7,9-11,13,17,20H,8,12,14-16H2,1-2H3/b23-22-. The van der Waals surface area contributed by atoms with Gasteiger partial charge in [-0.3, -0.25) is 4.79 Å². The number of nitrogens with zero attached hydrogens (tertiary/aromatic N) is 3. The van der Waals surface area contributed by atoms with Crippen molar-refractivity contribution in [2.24, 2.45) is 5.10 Å². The van der Waals surface area contributed by atoms with Gasteiger partial charge in [0.05, 0.1) is 11.8 Å². The summed E-state index contributed by atoms with van der Waals surface area (Å²) in [4.78, 5) is 14.1. The Labute approximate surface area is 156 Å². The number of carbonyl (C=O) groups excluding carboxylic acids is 1. The summed E-state index contributed by atoms with van der Waals surface area (Å²) in [5.41, 5.74) is 4.41. The summed E-state index contributed by atoms with van der Waals surface area (Å²) in [6, 6.07) is 18.7. The van der Waals surface area contributed by atoms with E-state index in [0.29, 0.717) is 6.42 Å². The molecular formula is C22H27N3O. The lowest BCUT2D eigenvalue weighted by Gasteiger charge is -2.33. The van der Waals surface area contributed by atoms with Crippen molar-refractivity contribution in [1.29, 1.82) is 0 Å². The zero-order valence-corrected chi connectivity index (χ0v) is 15.6. The molecule has 0 aliphatic carbocycles. The van der Waals surface area contributed by atoms with Crippen molar-refractivity contribution in [3.05, 3.63) is 71.3 Å². The Morgan fingerprint density at radius 1 is 1.19 bits per heavy atom. The maximum Gasteiger partial charge on any atom is 0.230 e. The van der Waals surface area contributed by atoms with Crippen molar-refractivity contribution in [3.63, 3.8) is 0 Å². The minimum Gasteiger partial charge on any atom is -0.304 e. The fourth-order valence-corrected chi connectivity index (χ4v) is 3.56. The number of hydrazone groups is 1. The van der Waals surface area contributed by atoms with E-state index in [9.17, 15) is 4.79 Å². The van der Waals surface area contributed by atoms with Gasteiger partial charge >= 0.3 is 0 Å². The number of hydrogen-bond acceptors (Lipinski definition) is 3. The van der Waals surface area contributed by atoms with Gasteiger partial charge < -0.3 is 4.90 Å². The minimum absolute atomic E-state index is 0.140. The van der Waals surface area contributed by atoms with E-state index in [1.165, 1.54) is 11.1 Å². The van der Waals surface area contributed by atoms with Crippen LogP contribution in [0, 0.1) is 6.92 Å². The van der Waals surface area contributed by atoms with Gasteiger partial charge in [0.1, 0.15) is 0 Å². The van der Waals surface area contributed by atoms with Crippen molar-refractivity contribution in [3.8, 4) is 0 Å². The second-order valence-electron chi connectivity index (χ2n) is 7.07. The summed E-state index contributed by atoms with van der Waals surface area (Å²) < 4.78 is 0. The molecule has 2 aromatic carbocycles. The van der Waals surface area contributed by atoms with Crippen LogP contribution >= 0.6 is 0 Å². The van der Waals surface area contributed by atoms with Gasteiger partial charge in [0.25, 0.3) is 0 Å². The van der Waals surface area contributed by atoms with Crippen molar-refractivity contribution in [2.75, 3.05) is 20.1 Å². The van der Waals surface area contributed by atoms with Gasteiger partial charge in [0.15, 0.2) is 0 Å². The Kier molecular flexibility index (Phi) is 6.18. The van der Waals surface area contributed by atoms with E-state index in [1.807, 2.05) is 30.3 Å². The van der Waals surface area contributed by atoms with Gasteiger partial charge in [-0.2, -0.15) is 5.10 Å². The molecular weight excluding hydrogens is 322 g/mol. The van der Waals surface area contributed by atoms with Crippen molar-refractivity contribution < 1.29 is 4.79 Å². The third-order valence-corrected chi connectivity index (χ3v) is 4.99. The zero-order chi connectivity index (χ0) is 18.4. The highest BCUT2D eigenvalue weighted by Crippen LogP contribution is 2.18. The maximum absolute atomic E-state index is 11.8. The van der Waals surface area contributed by atoms with Gasteiger partial charge in [0.2, 0.25) is 6.41 Å². The molecule has 1 heterocycles. The average Bonchev–Trinajstić information content (AvgIpc) is 2.66. The predicted octanol–water partition coefficient (Wildman–Crippen LogP) is 3.49. The monoisotopic (exact) mass is 349 g/mol. The van der Waals surface area contributed by atoms with Crippen LogP contribution in [0.4, 0.5) is 0 Å². The quantitative estimate of drug-likeness (QED) is 0.455. The summed E-state index contributed by atoms with van der Waals surface area (Å²) in [7, 11) is 2.10. The second kappa shape index (κ2) is 8.77. The molecule has 4 heteroatoms. The number of carbonyl (C=O) groups is 1. The SMILES string of the molecule is Cc1ccccc1/C(Cc1ccccc1)=N\N(C=O)C1CCCN(C)C1. The zero-order valence-electron chi connectivity index (χ0n) is 15.6. The molecule has 0 saturated carbocycles. The third-order valence-electron chi connectivity index (χ3n) is 4.99. The molecule has 0 radical (unpaired) electrons. The Morgan fingerprint density at radius 3 is 2.62 bits per heavy atom. The molecule has 1 aliphatic rings. The lowest BCUT2D eigenvalue weighted by atomic mass is 9.98. The third kappa shape index (κ3) is 4.58. The van der Waals surface area contributed by atoms with Crippen LogP contribution in [0.15, 0.2) is 59.7 Å². The Balaban J connectivity index is 1.94. The summed E-state index contributed by atoms with van der Waals surface area (Å²) in [5.74, 6) is 0. The molecule has 1 amide bonds. The Morgan fingerprint density at radius 2 is 1.92 bits per heavy atom. The van der Waals surface area contributed by atoms with Crippen LogP contribution < -0.4 is 0 Å². The van der Waals surface area contributed by atoms with Gasteiger partial charge in [-0.05, 0) is 44.5 Å². The molecule has 0 bridgehead atoms. The molecule has 1 saturated heterocycles. The van der Waals surface area contributed by atoms with E-state index >= 15 is 0 Å². The lowest BCUT2D eigenvalue weighted by Crippen LogP contribution is -2.44. The van der Waals surface area contributed by atoms with Crippen LogP contribution in [-0.4, -0.2) is 48.2 Å². The number of rotatable bonds is 6. The molecule has 1 aliphatic heterocycles. The van der Waals surface area contributed by atoms with Gasteiger partial charge in [-0.25, -0.2) is 5.01 Å². The predicted molar refractivity (Wildman–Crippen MR) is 106 cm³/mol. The molecule has 0 aromatic heterocycles. The number of amides is 1. The van der Waals surface area contributed by atoms with E-state index in [4.69, 9.17) is 5.10 Å². The van der Waals surface area contributed by atoms with Crippen LogP contribution in [0.5, 0.6) is 0 Å². The normalized spacial score (nSPS) is 18.5. The maximum atomic E-state index is 11.8. The number of likely N-dealkylation sites (N-methyl/N-ethyl adjacent to an activating group) is 1. The average molecular weight is 349 g/mol. The fourth-order valence-electron chi connectivity index (χ4n) is 3.56. The van der Waals surface area contributed by atoms with Gasteiger partial charge in [-0.1, -0.05) is 54.6 Å². The Hall–Kier alpha value is -2.46. The molecule has 1 fully saturated rings. The molecule has 26 heavy (non-hydrogen) atoms. The summed E-state index contributed by atoms with van der Waals surface area (Å²) in [6.45, 7) is 4.05. The highest BCUT2D eigenvalue weighted by atomic mass is 16.1. The largest absolute Gasteiger partial charge is 0.304 e. The van der Waals surface area contributed by atoms with Crippen LogP contribution in [-0.2, 0) is 11.2 Å². The molecule has 1 unspecified atom stereocenters. The molecule has 2 aromatic rings. The second-order valence-corrected chi connectivity index (χ2v) is 7.07. The van der Waals surface area contributed by atoms with Crippen LogP contribution in [0.1, 0.15) is 29.5 Å². The highest BCUT2D eigenvalue weighted by Gasteiger charge is 2.23. The number of benzene rings is 2. The van der Waals surface area contributed by atoms with Crippen molar-refractivity contribution in [1.82, 2.24) is 9.91 Å². The summed E-state index contributed by atoms with van der Waals surface area (Å²) in [5, 5.41) is 6.47. The molecule has 0 spiro atoms. The summed E-state index contributed by atoms with van der Waals surface area (Å²) >= 11 is 0. The van der Waals surface area contributed by atoms with E-state index in [2.05, 4.69) is 43.1 Å².